The van der Waals surface area contributed by atoms with Crippen molar-refractivity contribution in [3.05, 3.63) is 70.0 Å². The second-order valence-corrected chi connectivity index (χ2v) is 7.27. The van der Waals surface area contributed by atoms with Crippen molar-refractivity contribution >= 4 is 34.2 Å². The van der Waals surface area contributed by atoms with Gasteiger partial charge in [-0.2, -0.15) is 0 Å². The molecule has 0 spiro atoms. The maximum absolute atomic E-state index is 14.4. The van der Waals surface area contributed by atoms with Gasteiger partial charge in [0.15, 0.2) is 5.17 Å². The van der Waals surface area contributed by atoms with Crippen molar-refractivity contribution in [2.75, 3.05) is 11.4 Å². The molecule has 4 rings (SSSR count). The highest BCUT2D eigenvalue weighted by atomic mass is 32.2. The van der Waals surface area contributed by atoms with Crippen molar-refractivity contribution in [2.45, 2.75) is 11.9 Å². The molecular weight excluding hydrogens is 385 g/mol. The summed E-state index contributed by atoms with van der Waals surface area (Å²) in [6.07, 6.45) is -0.428. The van der Waals surface area contributed by atoms with E-state index < -0.39 is 22.8 Å². The number of carbonyl (C=O) groups excluding carboxylic acids is 1. The number of benzene rings is 2. The van der Waals surface area contributed by atoms with Crippen LogP contribution in [0.2, 0.25) is 0 Å². The molecule has 2 heterocycles. The van der Waals surface area contributed by atoms with Gasteiger partial charge < -0.3 is 0 Å². The van der Waals surface area contributed by atoms with Gasteiger partial charge in [-0.25, -0.2) is 14.8 Å². The van der Waals surface area contributed by atoms with Crippen molar-refractivity contribution in [2.24, 2.45) is 10.9 Å². The predicted octanol–water partition coefficient (Wildman–Crippen LogP) is 2.42. The third-order valence-electron chi connectivity index (χ3n) is 4.51. The second kappa shape index (κ2) is 7.66. The van der Waals surface area contributed by atoms with Gasteiger partial charge in [0, 0.05) is 24.4 Å². The Balaban J connectivity index is 1.64. The summed E-state index contributed by atoms with van der Waals surface area (Å²) in [5.74, 6) is -0.841. The number of amides is 1. The molecular formula is C18H16FN5O3S. The van der Waals surface area contributed by atoms with Crippen LogP contribution in [0.4, 0.5) is 15.8 Å². The monoisotopic (exact) mass is 401 g/mol. The van der Waals surface area contributed by atoms with E-state index in [1.54, 1.807) is 24.3 Å². The van der Waals surface area contributed by atoms with Gasteiger partial charge in [-0.05, 0) is 17.7 Å². The lowest BCUT2D eigenvalue weighted by atomic mass is 10.0. The third kappa shape index (κ3) is 3.49. The van der Waals surface area contributed by atoms with E-state index in [1.165, 1.54) is 40.9 Å². The molecule has 0 aliphatic carbocycles. The lowest BCUT2D eigenvalue weighted by Gasteiger charge is -2.32. The van der Waals surface area contributed by atoms with Gasteiger partial charge in [-0.1, -0.05) is 36.0 Å². The minimum atomic E-state index is -0.517. The van der Waals surface area contributed by atoms with E-state index in [2.05, 4.69) is 15.8 Å². The standard InChI is InChI=1S/C18H16FN5O3S/c19-14-6-1-2-7-15(14)23-17(25)13-9-20-22-16(13)21-18(23)28-10-11-4-3-5-12(8-11)24(26)27/h1-8,13,16,20,22H,9-10H2. The van der Waals surface area contributed by atoms with Gasteiger partial charge >= 0.3 is 0 Å². The van der Waals surface area contributed by atoms with Crippen molar-refractivity contribution in [3.8, 4) is 0 Å². The molecule has 1 saturated heterocycles. The van der Waals surface area contributed by atoms with E-state index >= 15 is 0 Å². The van der Waals surface area contributed by atoms with Crippen molar-refractivity contribution in [1.82, 2.24) is 10.9 Å². The summed E-state index contributed by atoms with van der Waals surface area (Å²) in [5.41, 5.74) is 6.70. The average molecular weight is 401 g/mol. The number of thioether (sulfide) groups is 1. The van der Waals surface area contributed by atoms with Crippen LogP contribution in [-0.2, 0) is 10.5 Å². The van der Waals surface area contributed by atoms with Gasteiger partial charge in [0.05, 0.1) is 16.5 Å². The molecule has 0 radical (unpaired) electrons. The number of amidine groups is 1. The van der Waals surface area contributed by atoms with Crippen molar-refractivity contribution in [1.29, 1.82) is 0 Å². The number of para-hydroxylation sites is 1. The highest BCUT2D eigenvalue weighted by Gasteiger charge is 2.42. The first kappa shape index (κ1) is 18.5. The molecule has 2 aromatic rings. The maximum Gasteiger partial charge on any atom is 0.269 e. The number of hydrogen-bond acceptors (Lipinski definition) is 7. The van der Waals surface area contributed by atoms with Crippen LogP contribution in [-0.4, -0.2) is 28.7 Å². The molecule has 28 heavy (non-hydrogen) atoms. The van der Waals surface area contributed by atoms with Gasteiger partial charge in [-0.15, -0.1) is 0 Å². The zero-order valence-corrected chi connectivity index (χ0v) is 15.4. The number of nitro groups is 1. The quantitative estimate of drug-likeness (QED) is 0.603. The second-order valence-electron chi connectivity index (χ2n) is 6.33. The van der Waals surface area contributed by atoms with Crippen LogP contribution in [0.15, 0.2) is 53.5 Å². The molecule has 144 valence electrons. The van der Waals surface area contributed by atoms with Crippen molar-refractivity contribution in [3.63, 3.8) is 0 Å². The highest BCUT2D eigenvalue weighted by molar-refractivity contribution is 8.13. The van der Waals surface area contributed by atoms with E-state index in [1.807, 2.05) is 0 Å². The van der Waals surface area contributed by atoms with Gasteiger partial charge in [0.25, 0.3) is 5.69 Å². The Morgan fingerprint density at radius 2 is 2.11 bits per heavy atom. The van der Waals surface area contributed by atoms with Crippen molar-refractivity contribution < 1.29 is 14.1 Å². The molecule has 0 aromatic heterocycles. The number of non-ortho nitro benzene ring substituents is 1. The number of nitrogens with one attached hydrogen (secondary N) is 2. The summed E-state index contributed by atoms with van der Waals surface area (Å²) in [5, 5.41) is 11.3. The van der Waals surface area contributed by atoms with Crippen LogP contribution >= 0.6 is 11.8 Å². The third-order valence-corrected chi connectivity index (χ3v) is 5.54. The first-order valence-electron chi connectivity index (χ1n) is 8.55. The number of fused-ring (bicyclic) bond motifs is 1. The summed E-state index contributed by atoms with van der Waals surface area (Å²) in [6.45, 7) is 0.404. The molecule has 0 bridgehead atoms. The lowest BCUT2D eigenvalue weighted by molar-refractivity contribution is -0.384. The number of carbonyl (C=O) groups is 1. The summed E-state index contributed by atoms with van der Waals surface area (Å²) < 4.78 is 14.4. The minimum absolute atomic E-state index is 0.00700. The summed E-state index contributed by atoms with van der Waals surface area (Å²) in [4.78, 5) is 29.4. The molecule has 2 N–H and O–H groups in total. The SMILES string of the molecule is O=C1C2CNNC2N=C(SCc2cccc([N+](=O)[O-])c2)N1c1ccccc1F. The fourth-order valence-electron chi connectivity index (χ4n) is 3.13. The van der Waals surface area contributed by atoms with Crippen LogP contribution in [0.5, 0.6) is 0 Å². The number of hydrogen-bond donors (Lipinski definition) is 2. The summed E-state index contributed by atoms with van der Waals surface area (Å²) >= 11 is 1.23. The molecule has 2 unspecified atom stereocenters. The van der Waals surface area contributed by atoms with Crippen LogP contribution in [0, 0.1) is 21.8 Å². The number of nitro benzene ring substituents is 1. The van der Waals surface area contributed by atoms with Gasteiger partial charge in [0.1, 0.15) is 12.0 Å². The Bertz CT molecular complexity index is 970. The number of rotatable bonds is 4. The number of nitrogens with zero attached hydrogens (tertiary/aromatic N) is 3. The van der Waals surface area contributed by atoms with E-state index in [0.717, 1.165) is 0 Å². The topological polar surface area (TPSA) is 99.9 Å². The van der Waals surface area contributed by atoms with Crippen LogP contribution in [0.3, 0.4) is 0 Å². The van der Waals surface area contributed by atoms with Crippen LogP contribution in [0.25, 0.3) is 0 Å². The zero-order chi connectivity index (χ0) is 19.7. The number of anilines is 1. The molecule has 0 saturated carbocycles. The number of halogens is 1. The first-order chi connectivity index (χ1) is 13.5. The molecule has 1 amide bonds. The molecule has 10 heteroatoms. The average Bonchev–Trinajstić information content (AvgIpc) is 3.16. The van der Waals surface area contributed by atoms with Crippen LogP contribution in [0.1, 0.15) is 5.56 Å². The number of aliphatic imine (C=N–C) groups is 1. The van der Waals surface area contributed by atoms with Gasteiger partial charge in [-0.3, -0.25) is 25.2 Å². The molecule has 2 aliphatic heterocycles. The van der Waals surface area contributed by atoms with Crippen LogP contribution < -0.4 is 15.8 Å². The normalized spacial score (nSPS) is 21.4. The largest absolute Gasteiger partial charge is 0.274 e. The Kier molecular flexibility index (Phi) is 5.07. The smallest absolute Gasteiger partial charge is 0.269 e. The predicted molar refractivity (Wildman–Crippen MR) is 104 cm³/mol. The molecule has 2 atom stereocenters. The Hall–Kier alpha value is -2.82. The van der Waals surface area contributed by atoms with E-state index in [4.69, 9.17) is 0 Å². The molecule has 1 fully saturated rings. The maximum atomic E-state index is 14.4. The zero-order valence-electron chi connectivity index (χ0n) is 14.5. The van der Waals surface area contributed by atoms with E-state index in [9.17, 15) is 19.3 Å². The summed E-state index contributed by atoms with van der Waals surface area (Å²) in [6, 6.07) is 12.3. The van der Waals surface area contributed by atoms with E-state index in [0.29, 0.717) is 23.0 Å². The molecule has 2 aromatic carbocycles. The number of hydrazine groups is 1. The Labute approximate surface area is 163 Å². The fourth-order valence-corrected chi connectivity index (χ4v) is 4.11. The van der Waals surface area contributed by atoms with E-state index in [-0.39, 0.29) is 17.3 Å². The molecule has 2 aliphatic rings. The Morgan fingerprint density at radius 1 is 1.29 bits per heavy atom. The summed E-state index contributed by atoms with van der Waals surface area (Å²) in [7, 11) is 0. The van der Waals surface area contributed by atoms with Gasteiger partial charge in [0.2, 0.25) is 5.91 Å². The minimum Gasteiger partial charge on any atom is -0.274 e. The first-order valence-corrected chi connectivity index (χ1v) is 9.54. The Morgan fingerprint density at radius 3 is 2.89 bits per heavy atom. The lowest BCUT2D eigenvalue weighted by Crippen LogP contribution is -2.49. The molecule has 8 nitrogen and oxygen atoms in total. The fraction of sp³-hybridized carbons (Fsp3) is 0.222. The highest BCUT2D eigenvalue weighted by Crippen LogP contribution is 2.32.